The van der Waals surface area contributed by atoms with Crippen LogP contribution in [0.5, 0.6) is 0 Å². The van der Waals surface area contributed by atoms with Crippen LogP contribution in [-0.4, -0.2) is 18.6 Å². The molecule has 0 bridgehead atoms. The van der Waals surface area contributed by atoms with Crippen LogP contribution in [0.1, 0.15) is 0 Å². The second-order valence-electron chi connectivity index (χ2n) is 1.43. The molecule has 0 saturated carbocycles. The van der Waals surface area contributed by atoms with E-state index in [1.54, 1.807) is 6.61 Å². The third-order valence-corrected chi connectivity index (χ3v) is 0.752. The smallest absolute Gasteiger partial charge is 0.415 e. The van der Waals surface area contributed by atoms with Crippen molar-refractivity contribution < 1.29 is 17.9 Å². The minimum atomic E-state index is -4.35. The highest BCUT2D eigenvalue weighted by Gasteiger charge is 2.42. The Balaban J connectivity index is 2.53. The van der Waals surface area contributed by atoms with Crippen LogP contribution in [0.25, 0.3) is 0 Å². The van der Waals surface area contributed by atoms with Crippen LogP contribution in [0.3, 0.4) is 0 Å². The summed E-state index contributed by atoms with van der Waals surface area (Å²) in [7, 11) is 0. The van der Waals surface area contributed by atoms with E-state index < -0.39 is 12.2 Å². The van der Waals surface area contributed by atoms with Gasteiger partial charge in [0.05, 0.1) is 0 Å². The van der Waals surface area contributed by atoms with E-state index in [0.717, 1.165) is 6.40 Å². The monoisotopic (exact) mass is 137 g/mol. The summed E-state index contributed by atoms with van der Waals surface area (Å²) in [6.45, 7) is 1.65. The van der Waals surface area contributed by atoms with Crippen molar-refractivity contribution in [3.63, 3.8) is 0 Å². The lowest BCUT2D eigenvalue weighted by atomic mass is 10.3. The molecule has 1 aliphatic rings. The first-order valence-corrected chi connectivity index (χ1v) is 2.10. The van der Waals surface area contributed by atoms with Crippen LogP contribution in [0.2, 0.25) is 0 Å². The number of ether oxygens (including phenoxy) is 1. The van der Waals surface area contributed by atoms with Gasteiger partial charge in [-0.25, -0.2) is 4.99 Å². The van der Waals surface area contributed by atoms with Crippen LogP contribution in [0.15, 0.2) is 4.99 Å². The van der Waals surface area contributed by atoms with Gasteiger partial charge in [0.1, 0.15) is 0 Å². The molecular formula is C4H2F3NO. The molecule has 0 aliphatic carbocycles. The van der Waals surface area contributed by atoms with Crippen LogP contribution >= 0.6 is 0 Å². The fourth-order valence-electron chi connectivity index (χ4n) is 0.368. The van der Waals surface area contributed by atoms with Gasteiger partial charge in [-0.3, -0.25) is 0 Å². The summed E-state index contributed by atoms with van der Waals surface area (Å²) in [5.41, 5.74) is 0. The maximum atomic E-state index is 11.5. The van der Waals surface area contributed by atoms with E-state index in [4.69, 9.17) is 0 Å². The SMILES string of the molecule is FC(F)(F)C1[C]OC=N1. The number of aliphatic imine (C=N–C) groups is 1. The first kappa shape index (κ1) is 6.38. The van der Waals surface area contributed by atoms with Gasteiger partial charge in [-0.1, -0.05) is 0 Å². The Morgan fingerprint density at radius 2 is 2.22 bits per heavy atom. The van der Waals surface area contributed by atoms with Crippen molar-refractivity contribution in [3.8, 4) is 0 Å². The topological polar surface area (TPSA) is 21.6 Å². The van der Waals surface area contributed by atoms with Crippen molar-refractivity contribution in [2.45, 2.75) is 12.2 Å². The molecule has 0 fully saturated rings. The van der Waals surface area contributed by atoms with Gasteiger partial charge in [0.15, 0.2) is 12.4 Å². The van der Waals surface area contributed by atoms with Crippen molar-refractivity contribution >= 4 is 6.40 Å². The molecule has 9 heavy (non-hydrogen) atoms. The predicted octanol–water partition coefficient (Wildman–Crippen LogP) is 1.01. The maximum absolute atomic E-state index is 11.5. The van der Waals surface area contributed by atoms with Crippen molar-refractivity contribution in [1.82, 2.24) is 0 Å². The molecule has 0 aromatic carbocycles. The maximum Gasteiger partial charge on any atom is 0.415 e. The van der Waals surface area contributed by atoms with Crippen molar-refractivity contribution in [3.05, 3.63) is 6.61 Å². The summed E-state index contributed by atoms with van der Waals surface area (Å²) in [6.07, 6.45) is -3.63. The standard InChI is InChI=1S/C4H2F3NO/c5-4(6,7)3-1-9-2-8-3/h2-3H. The normalized spacial score (nSPS) is 26.3. The molecule has 1 heterocycles. The number of alkyl halides is 3. The molecule has 1 rings (SSSR count). The van der Waals surface area contributed by atoms with Gasteiger partial charge in [0.25, 0.3) is 0 Å². The molecule has 1 atom stereocenters. The lowest BCUT2D eigenvalue weighted by molar-refractivity contribution is -0.142. The second kappa shape index (κ2) is 1.89. The molecule has 0 N–H and O–H groups in total. The summed E-state index contributed by atoms with van der Waals surface area (Å²) in [5, 5.41) is 0. The first-order chi connectivity index (χ1) is 4.11. The summed E-state index contributed by atoms with van der Waals surface area (Å²) < 4.78 is 38.5. The van der Waals surface area contributed by atoms with Gasteiger partial charge < -0.3 is 4.74 Å². The van der Waals surface area contributed by atoms with Gasteiger partial charge >= 0.3 is 6.18 Å². The lowest BCUT2D eigenvalue weighted by Crippen LogP contribution is -2.24. The molecule has 0 spiro atoms. The number of hydrogen-bond donors (Lipinski definition) is 0. The van der Waals surface area contributed by atoms with E-state index in [1.165, 1.54) is 0 Å². The van der Waals surface area contributed by atoms with E-state index in [9.17, 15) is 13.2 Å². The zero-order valence-electron chi connectivity index (χ0n) is 4.14. The molecule has 50 valence electrons. The number of halogens is 3. The fraction of sp³-hybridized carbons (Fsp3) is 0.500. The highest BCUT2D eigenvalue weighted by molar-refractivity contribution is 5.50. The van der Waals surface area contributed by atoms with Gasteiger partial charge in [0, 0.05) is 0 Å². The highest BCUT2D eigenvalue weighted by atomic mass is 19.4. The van der Waals surface area contributed by atoms with E-state index in [-0.39, 0.29) is 0 Å². The molecule has 2 nitrogen and oxygen atoms in total. The molecular weight excluding hydrogens is 135 g/mol. The van der Waals surface area contributed by atoms with Gasteiger partial charge in [-0.15, -0.1) is 0 Å². The number of nitrogens with zero attached hydrogens (tertiary/aromatic N) is 1. The Kier molecular flexibility index (Phi) is 1.34. The second-order valence-corrected chi connectivity index (χ2v) is 1.43. The van der Waals surface area contributed by atoms with Crippen LogP contribution in [0.4, 0.5) is 13.2 Å². The minimum Gasteiger partial charge on any atom is -0.465 e. The van der Waals surface area contributed by atoms with Crippen LogP contribution in [0, 0.1) is 6.61 Å². The zero-order valence-corrected chi connectivity index (χ0v) is 4.14. The predicted molar refractivity (Wildman–Crippen MR) is 22.7 cm³/mol. The highest BCUT2D eigenvalue weighted by Crippen LogP contribution is 2.26. The average Bonchev–Trinajstić information content (AvgIpc) is 2.08. The van der Waals surface area contributed by atoms with Crippen molar-refractivity contribution in [2.24, 2.45) is 4.99 Å². The van der Waals surface area contributed by atoms with E-state index >= 15 is 0 Å². The molecule has 0 amide bonds. The van der Waals surface area contributed by atoms with Crippen LogP contribution < -0.4 is 0 Å². The summed E-state index contributed by atoms with van der Waals surface area (Å²) in [4.78, 5) is 2.92. The molecule has 1 aliphatic heterocycles. The quantitative estimate of drug-likeness (QED) is 0.488. The Morgan fingerprint density at radius 1 is 1.56 bits per heavy atom. The lowest BCUT2D eigenvalue weighted by Gasteiger charge is -2.06. The van der Waals surface area contributed by atoms with E-state index in [1.807, 2.05) is 0 Å². The van der Waals surface area contributed by atoms with Crippen LogP contribution in [-0.2, 0) is 4.74 Å². The van der Waals surface area contributed by atoms with Crippen molar-refractivity contribution in [1.29, 1.82) is 0 Å². The van der Waals surface area contributed by atoms with Gasteiger partial charge in [0.2, 0.25) is 6.61 Å². The minimum absolute atomic E-state index is 0.720. The van der Waals surface area contributed by atoms with E-state index in [2.05, 4.69) is 9.73 Å². The zero-order chi connectivity index (χ0) is 6.91. The summed E-state index contributed by atoms with van der Waals surface area (Å²) in [6, 6.07) is -1.89. The largest absolute Gasteiger partial charge is 0.465 e. The molecule has 5 heteroatoms. The Hall–Kier alpha value is -0.740. The van der Waals surface area contributed by atoms with Gasteiger partial charge in [-0.05, 0) is 0 Å². The molecule has 0 aromatic rings. The Labute approximate surface area is 49.3 Å². The molecule has 2 radical (unpaired) electrons. The summed E-state index contributed by atoms with van der Waals surface area (Å²) in [5.74, 6) is 0. The number of rotatable bonds is 0. The third kappa shape index (κ3) is 1.34. The Bertz CT molecular complexity index is 130. The summed E-state index contributed by atoms with van der Waals surface area (Å²) >= 11 is 0. The first-order valence-electron chi connectivity index (χ1n) is 2.10. The van der Waals surface area contributed by atoms with Crippen molar-refractivity contribution in [2.75, 3.05) is 0 Å². The van der Waals surface area contributed by atoms with Gasteiger partial charge in [-0.2, -0.15) is 13.2 Å². The molecule has 0 aromatic heterocycles. The Morgan fingerprint density at radius 3 is 2.44 bits per heavy atom. The average molecular weight is 137 g/mol. The fourth-order valence-corrected chi connectivity index (χ4v) is 0.368. The number of hydrogen-bond acceptors (Lipinski definition) is 2. The molecule has 1 unspecified atom stereocenters. The third-order valence-electron chi connectivity index (χ3n) is 0.752. The molecule has 0 saturated heterocycles. The van der Waals surface area contributed by atoms with E-state index in [0.29, 0.717) is 0 Å².